The van der Waals surface area contributed by atoms with Crippen molar-refractivity contribution in [3.05, 3.63) is 11.3 Å². The van der Waals surface area contributed by atoms with E-state index in [4.69, 9.17) is 10.5 Å². The van der Waals surface area contributed by atoms with Crippen LogP contribution in [0.1, 0.15) is 20.8 Å². The van der Waals surface area contributed by atoms with Gasteiger partial charge in [-0.05, 0) is 20.8 Å². The van der Waals surface area contributed by atoms with E-state index in [0.29, 0.717) is 0 Å². The van der Waals surface area contributed by atoms with E-state index < -0.39 is 29.9 Å². The number of aliphatic hydroxyl groups is 1. The van der Waals surface area contributed by atoms with Crippen LogP contribution in [0.25, 0.3) is 0 Å². The third kappa shape index (κ3) is 2.84. The molecule has 0 aromatic rings. The van der Waals surface area contributed by atoms with Crippen molar-refractivity contribution in [1.29, 1.82) is 0 Å². The van der Waals surface area contributed by atoms with Crippen molar-refractivity contribution in [1.82, 2.24) is 10.4 Å². The molecule has 0 aromatic carbocycles. The molecule has 1 aliphatic rings. The number of ether oxygens (including phenoxy) is 1. The van der Waals surface area contributed by atoms with Gasteiger partial charge in [0.25, 0.3) is 0 Å². The van der Waals surface area contributed by atoms with Gasteiger partial charge < -0.3 is 15.6 Å². The number of Topliss-reactive ketones (excluding diaryl/α,β-unsaturated/α-hetero) is 1. The molecule has 1 aliphatic heterocycles. The summed E-state index contributed by atoms with van der Waals surface area (Å²) >= 11 is 0. The van der Waals surface area contributed by atoms with Crippen molar-refractivity contribution in [2.45, 2.75) is 27.0 Å². The number of rotatable bonds is 4. The molecule has 0 unspecified atom stereocenters. The first-order valence-electron chi connectivity index (χ1n) is 5.73. The van der Waals surface area contributed by atoms with Gasteiger partial charge in [0.2, 0.25) is 0 Å². The van der Waals surface area contributed by atoms with E-state index >= 15 is 0 Å². The van der Waals surface area contributed by atoms with Gasteiger partial charge in [-0.2, -0.15) is 0 Å². The molecule has 0 aromatic heterocycles. The number of hydrazine groups is 1. The quantitative estimate of drug-likeness (QED) is 0.578. The van der Waals surface area contributed by atoms with Crippen LogP contribution in [-0.2, 0) is 14.3 Å². The Morgan fingerprint density at radius 3 is 2.47 bits per heavy atom. The molecule has 1 rings (SSSR count). The number of carbonyl (C=O) groups excluding carboxylic acids is 3. The molecule has 0 fully saturated rings. The number of nitrogens with two attached hydrogens (primary N) is 1. The van der Waals surface area contributed by atoms with Crippen LogP contribution in [0.2, 0.25) is 0 Å². The number of urea groups is 1. The third-order valence-electron chi connectivity index (χ3n) is 2.79. The van der Waals surface area contributed by atoms with Crippen LogP contribution >= 0.6 is 0 Å². The van der Waals surface area contributed by atoms with E-state index in [0.717, 1.165) is 5.01 Å². The van der Waals surface area contributed by atoms with Crippen LogP contribution in [0, 0.1) is 5.92 Å². The molecular formula is C11H17N3O5. The summed E-state index contributed by atoms with van der Waals surface area (Å²) in [6.07, 6.45) is -1.38. The number of amides is 2. The largest absolute Gasteiger partial charge is 0.463 e. The molecule has 8 nitrogen and oxygen atoms in total. The summed E-state index contributed by atoms with van der Waals surface area (Å²) in [6.45, 7) is 4.49. The molecule has 0 saturated carbocycles. The molecule has 2 atom stereocenters. The van der Waals surface area contributed by atoms with Gasteiger partial charge in [0.05, 0.1) is 18.1 Å². The van der Waals surface area contributed by atoms with Crippen molar-refractivity contribution < 1.29 is 24.2 Å². The summed E-state index contributed by atoms with van der Waals surface area (Å²) in [4.78, 5) is 34.3. The van der Waals surface area contributed by atoms with Crippen LogP contribution in [-0.4, -0.2) is 40.7 Å². The maximum absolute atomic E-state index is 11.8. The van der Waals surface area contributed by atoms with Crippen LogP contribution in [0.4, 0.5) is 4.79 Å². The second kappa shape index (κ2) is 5.70. The van der Waals surface area contributed by atoms with E-state index in [1.165, 1.54) is 13.8 Å². The smallest absolute Gasteiger partial charge is 0.336 e. The zero-order valence-electron chi connectivity index (χ0n) is 11.0. The highest BCUT2D eigenvalue weighted by Crippen LogP contribution is 2.32. The van der Waals surface area contributed by atoms with Crippen LogP contribution in [0.5, 0.6) is 0 Å². The number of aliphatic hydroxyl groups excluding tert-OH is 1. The number of hydrogen-bond donors (Lipinski definition) is 3. The van der Waals surface area contributed by atoms with Crippen molar-refractivity contribution in [2.75, 3.05) is 6.61 Å². The normalized spacial score (nSPS) is 22.4. The maximum Gasteiger partial charge on any atom is 0.336 e. The Hall–Kier alpha value is -2.09. The molecule has 0 aliphatic carbocycles. The molecule has 0 saturated heterocycles. The highest BCUT2D eigenvalue weighted by molar-refractivity contribution is 5.99. The van der Waals surface area contributed by atoms with Crippen LogP contribution in [0.3, 0.4) is 0 Å². The number of primary amides is 1. The Bertz CT molecular complexity index is 446. The summed E-state index contributed by atoms with van der Waals surface area (Å²) in [6, 6.07) is -0.911. The molecule has 19 heavy (non-hydrogen) atoms. The van der Waals surface area contributed by atoms with Gasteiger partial charge >= 0.3 is 12.0 Å². The van der Waals surface area contributed by atoms with Gasteiger partial charge in [-0.1, -0.05) is 0 Å². The van der Waals surface area contributed by atoms with Gasteiger partial charge in [-0.15, -0.1) is 0 Å². The average Bonchev–Trinajstić information content (AvgIpc) is 2.53. The minimum Gasteiger partial charge on any atom is -0.463 e. The van der Waals surface area contributed by atoms with Gasteiger partial charge in [0, 0.05) is 5.70 Å². The SMILES string of the molecule is CCOC(=O)C1=C(C)N(NC(N)=O)[C@H](O)[C@H]1C(C)=O. The predicted molar refractivity (Wildman–Crippen MR) is 64.1 cm³/mol. The Morgan fingerprint density at radius 2 is 2.05 bits per heavy atom. The minimum absolute atomic E-state index is 0.0237. The standard InChI is InChI=1S/C11H17N3O5/c1-4-19-10(17)7-5(2)14(13-11(12)18)9(16)8(7)6(3)15/h8-9,16H,4H2,1-3H3,(H3,12,13,18)/t8-,9+/m0/s1. The summed E-state index contributed by atoms with van der Waals surface area (Å²) in [5, 5.41) is 11.0. The van der Waals surface area contributed by atoms with Crippen LogP contribution < -0.4 is 11.2 Å². The Balaban J connectivity index is 3.17. The number of nitrogens with one attached hydrogen (secondary N) is 1. The van der Waals surface area contributed by atoms with E-state index in [1.54, 1.807) is 6.92 Å². The van der Waals surface area contributed by atoms with Crippen molar-refractivity contribution in [3.8, 4) is 0 Å². The molecule has 8 heteroatoms. The molecule has 0 bridgehead atoms. The molecule has 106 valence electrons. The number of esters is 1. The summed E-state index contributed by atoms with van der Waals surface area (Å²) < 4.78 is 4.85. The second-order valence-electron chi connectivity index (χ2n) is 4.07. The lowest BCUT2D eigenvalue weighted by atomic mass is 9.96. The lowest BCUT2D eigenvalue weighted by Crippen LogP contribution is -2.49. The fourth-order valence-corrected chi connectivity index (χ4v) is 2.02. The number of hydrogen-bond acceptors (Lipinski definition) is 6. The molecule has 4 N–H and O–H groups in total. The number of nitrogens with zero attached hydrogens (tertiary/aromatic N) is 1. The fourth-order valence-electron chi connectivity index (χ4n) is 2.02. The van der Waals surface area contributed by atoms with E-state index in [9.17, 15) is 19.5 Å². The van der Waals surface area contributed by atoms with E-state index in [2.05, 4.69) is 5.43 Å². The van der Waals surface area contributed by atoms with Crippen molar-refractivity contribution in [3.63, 3.8) is 0 Å². The van der Waals surface area contributed by atoms with E-state index in [-0.39, 0.29) is 17.9 Å². The average molecular weight is 271 g/mol. The first-order chi connectivity index (χ1) is 8.81. The highest BCUT2D eigenvalue weighted by Gasteiger charge is 2.45. The molecule has 0 spiro atoms. The fraction of sp³-hybridized carbons (Fsp3) is 0.545. The molecule has 0 radical (unpaired) electrons. The van der Waals surface area contributed by atoms with Gasteiger partial charge in [0.15, 0.2) is 6.23 Å². The summed E-state index contributed by atoms with van der Waals surface area (Å²) in [5.41, 5.74) is 7.38. The highest BCUT2D eigenvalue weighted by atomic mass is 16.5. The Labute approximate surface area is 110 Å². The Morgan fingerprint density at radius 1 is 1.47 bits per heavy atom. The number of allylic oxidation sites excluding steroid dienone is 1. The minimum atomic E-state index is -1.38. The van der Waals surface area contributed by atoms with Crippen LogP contribution in [0.15, 0.2) is 11.3 Å². The predicted octanol–water partition coefficient (Wildman–Crippen LogP) is -0.754. The topological polar surface area (TPSA) is 122 Å². The second-order valence-corrected chi connectivity index (χ2v) is 4.07. The summed E-state index contributed by atoms with van der Waals surface area (Å²) in [7, 11) is 0. The summed E-state index contributed by atoms with van der Waals surface area (Å²) in [5.74, 6) is -2.19. The third-order valence-corrected chi connectivity index (χ3v) is 2.79. The number of carbonyl (C=O) groups is 3. The Kier molecular flexibility index (Phi) is 4.49. The van der Waals surface area contributed by atoms with Gasteiger partial charge in [-0.3, -0.25) is 9.80 Å². The first-order valence-corrected chi connectivity index (χ1v) is 5.73. The van der Waals surface area contributed by atoms with Crippen molar-refractivity contribution >= 4 is 17.8 Å². The first kappa shape index (κ1) is 15.0. The molecule has 2 amide bonds. The maximum atomic E-state index is 11.8. The zero-order valence-corrected chi connectivity index (χ0v) is 11.0. The van der Waals surface area contributed by atoms with Crippen molar-refractivity contribution in [2.24, 2.45) is 11.7 Å². The zero-order chi connectivity index (χ0) is 14.7. The van der Waals surface area contributed by atoms with Gasteiger partial charge in [-0.25, -0.2) is 15.0 Å². The molecule has 1 heterocycles. The lowest BCUT2D eigenvalue weighted by molar-refractivity contribution is -0.141. The monoisotopic (exact) mass is 271 g/mol. The number of ketones is 1. The van der Waals surface area contributed by atoms with E-state index in [1.807, 2.05) is 0 Å². The molecular weight excluding hydrogens is 254 g/mol. The van der Waals surface area contributed by atoms with Gasteiger partial charge in [0.1, 0.15) is 5.78 Å². The lowest BCUT2D eigenvalue weighted by Gasteiger charge is -2.25.